The Labute approximate surface area is 91.9 Å². The lowest BCUT2D eigenvalue weighted by Gasteiger charge is -2.18. The number of hydrogen-bond donors (Lipinski definition) is 0. The predicted octanol–water partition coefficient (Wildman–Crippen LogP) is 3.07. The summed E-state index contributed by atoms with van der Waals surface area (Å²) >= 11 is 0. The maximum Gasteiger partial charge on any atom is 0.226 e. The molecule has 0 unspecified atom stereocenters. The Hall–Kier alpha value is -1.31. The Morgan fingerprint density at radius 1 is 1.20 bits per heavy atom. The van der Waals surface area contributed by atoms with E-state index in [1.165, 1.54) is 11.1 Å². The van der Waals surface area contributed by atoms with Crippen LogP contribution >= 0.6 is 0 Å². The standard InChI is InChI=1S/C13H19NO/c1-5-6-13(15)14(4)12-8-10(2)7-11(3)9-12/h7-9H,5-6H2,1-4H3. The topological polar surface area (TPSA) is 20.3 Å². The third-order valence-corrected chi connectivity index (χ3v) is 2.43. The van der Waals surface area contributed by atoms with Gasteiger partial charge >= 0.3 is 0 Å². The van der Waals surface area contributed by atoms with Crippen molar-refractivity contribution < 1.29 is 4.79 Å². The van der Waals surface area contributed by atoms with Gasteiger partial charge in [0.1, 0.15) is 0 Å². The molecule has 0 atom stereocenters. The van der Waals surface area contributed by atoms with Gasteiger partial charge in [0, 0.05) is 19.2 Å². The first-order chi connectivity index (χ1) is 7.04. The van der Waals surface area contributed by atoms with E-state index in [0.29, 0.717) is 6.42 Å². The molecule has 0 saturated heterocycles. The molecule has 0 radical (unpaired) electrons. The molecular weight excluding hydrogens is 186 g/mol. The summed E-state index contributed by atoms with van der Waals surface area (Å²) in [6.45, 7) is 6.12. The first kappa shape index (κ1) is 11.8. The number of rotatable bonds is 3. The van der Waals surface area contributed by atoms with Crippen molar-refractivity contribution in [3.63, 3.8) is 0 Å². The summed E-state index contributed by atoms with van der Waals surface area (Å²) in [4.78, 5) is 13.4. The minimum Gasteiger partial charge on any atom is -0.315 e. The van der Waals surface area contributed by atoms with E-state index in [0.717, 1.165) is 12.1 Å². The van der Waals surface area contributed by atoms with Crippen LogP contribution in [-0.4, -0.2) is 13.0 Å². The second-order valence-corrected chi connectivity index (χ2v) is 4.05. The van der Waals surface area contributed by atoms with E-state index in [4.69, 9.17) is 0 Å². The van der Waals surface area contributed by atoms with E-state index in [2.05, 4.69) is 19.9 Å². The fourth-order valence-corrected chi connectivity index (χ4v) is 1.67. The van der Waals surface area contributed by atoms with Crippen LogP contribution in [-0.2, 0) is 4.79 Å². The van der Waals surface area contributed by atoms with Crippen LogP contribution in [0.5, 0.6) is 0 Å². The van der Waals surface area contributed by atoms with Gasteiger partial charge in [-0.25, -0.2) is 0 Å². The maximum absolute atomic E-state index is 11.7. The first-order valence-electron chi connectivity index (χ1n) is 5.39. The van der Waals surface area contributed by atoms with Crippen molar-refractivity contribution in [3.8, 4) is 0 Å². The smallest absolute Gasteiger partial charge is 0.226 e. The van der Waals surface area contributed by atoms with Crippen molar-refractivity contribution in [2.45, 2.75) is 33.6 Å². The van der Waals surface area contributed by atoms with Gasteiger partial charge in [-0.1, -0.05) is 13.0 Å². The molecule has 0 aromatic heterocycles. The normalized spacial score (nSPS) is 10.1. The Bertz CT molecular complexity index is 337. The van der Waals surface area contributed by atoms with E-state index in [-0.39, 0.29) is 5.91 Å². The van der Waals surface area contributed by atoms with Crippen LogP contribution in [0.4, 0.5) is 5.69 Å². The molecule has 0 heterocycles. The van der Waals surface area contributed by atoms with Crippen LogP contribution in [0.3, 0.4) is 0 Å². The second-order valence-electron chi connectivity index (χ2n) is 4.05. The lowest BCUT2D eigenvalue weighted by atomic mass is 10.1. The molecule has 2 nitrogen and oxygen atoms in total. The monoisotopic (exact) mass is 205 g/mol. The van der Waals surface area contributed by atoms with Crippen LogP contribution in [0.2, 0.25) is 0 Å². The first-order valence-corrected chi connectivity index (χ1v) is 5.39. The van der Waals surface area contributed by atoms with Gasteiger partial charge in [-0.15, -0.1) is 0 Å². The summed E-state index contributed by atoms with van der Waals surface area (Å²) in [6.07, 6.45) is 1.51. The molecule has 0 bridgehead atoms. The molecule has 1 amide bonds. The number of nitrogens with zero attached hydrogens (tertiary/aromatic N) is 1. The molecule has 1 aromatic carbocycles. The Balaban J connectivity index is 2.90. The molecule has 0 fully saturated rings. The van der Waals surface area contributed by atoms with Gasteiger partial charge in [0.2, 0.25) is 5.91 Å². The van der Waals surface area contributed by atoms with Gasteiger partial charge in [-0.3, -0.25) is 4.79 Å². The Morgan fingerprint density at radius 3 is 2.20 bits per heavy atom. The molecule has 0 N–H and O–H groups in total. The van der Waals surface area contributed by atoms with E-state index < -0.39 is 0 Å². The highest BCUT2D eigenvalue weighted by Crippen LogP contribution is 2.18. The van der Waals surface area contributed by atoms with E-state index in [1.807, 2.05) is 26.1 Å². The van der Waals surface area contributed by atoms with Crippen molar-refractivity contribution in [1.82, 2.24) is 0 Å². The summed E-state index contributed by atoms with van der Waals surface area (Å²) in [5.74, 6) is 0.183. The van der Waals surface area contributed by atoms with Crippen molar-refractivity contribution in [3.05, 3.63) is 29.3 Å². The van der Waals surface area contributed by atoms with Crippen LogP contribution in [0.1, 0.15) is 30.9 Å². The van der Waals surface area contributed by atoms with E-state index in [1.54, 1.807) is 4.90 Å². The number of amides is 1. The molecular formula is C13H19NO. The molecule has 0 aliphatic carbocycles. The molecule has 0 spiro atoms. The van der Waals surface area contributed by atoms with Gasteiger partial charge in [0.15, 0.2) is 0 Å². The minimum absolute atomic E-state index is 0.183. The second kappa shape index (κ2) is 4.96. The number of carbonyl (C=O) groups is 1. The molecule has 1 aromatic rings. The van der Waals surface area contributed by atoms with Crippen molar-refractivity contribution >= 4 is 11.6 Å². The lowest BCUT2D eigenvalue weighted by molar-refractivity contribution is -0.118. The Kier molecular flexibility index (Phi) is 3.89. The van der Waals surface area contributed by atoms with Gasteiger partial charge < -0.3 is 4.90 Å². The van der Waals surface area contributed by atoms with Gasteiger partial charge in [0.25, 0.3) is 0 Å². The zero-order valence-electron chi connectivity index (χ0n) is 10.0. The number of anilines is 1. The van der Waals surface area contributed by atoms with Crippen molar-refractivity contribution in [2.24, 2.45) is 0 Å². The predicted molar refractivity (Wildman–Crippen MR) is 64.2 cm³/mol. The number of benzene rings is 1. The lowest BCUT2D eigenvalue weighted by Crippen LogP contribution is -2.25. The number of hydrogen-bond acceptors (Lipinski definition) is 1. The average molecular weight is 205 g/mol. The highest BCUT2D eigenvalue weighted by atomic mass is 16.2. The van der Waals surface area contributed by atoms with Crippen LogP contribution in [0.25, 0.3) is 0 Å². The average Bonchev–Trinajstić information content (AvgIpc) is 2.15. The largest absolute Gasteiger partial charge is 0.315 e. The molecule has 15 heavy (non-hydrogen) atoms. The maximum atomic E-state index is 11.7. The molecule has 1 rings (SSSR count). The van der Waals surface area contributed by atoms with E-state index >= 15 is 0 Å². The zero-order valence-corrected chi connectivity index (χ0v) is 10.0. The summed E-state index contributed by atoms with van der Waals surface area (Å²) in [6, 6.07) is 6.20. The van der Waals surface area contributed by atoms with Gasteiger partial charge in [0.05, 0.1) is 0 Å². The van der Waals surface area contributed by atoms with Crippen molar-refractivity contribution in [1.29, 1.82) is 0 Å². The summed E-state index contributed by atoms with van der Waals surface area (Å²) in [5, 5.41) is 0. The SMILES string of the molecule is CCCC(=O)N(C)c1cc(C)cc(C)c1. The molecule has 0 aliphatic heterocycles. The third-order valence-electron chi connectivity index (χ3n) is 2.43. The number of carbonyl (C=O) groups excluding carboxylic acids is 1. The Morgan fingerprint density at radius 2 is 1.73 bits per heavy atom. The van der Waals surface area contributed by atoms with E-state index in [9.17, 15) is 4.79 Å². The number of aryl methyl sites for hydroxylation is 2. The summed E-state index contributed by atoms with van der Waals surface area (Å²) in [5.41, 5.74) is 3.38. The third kappa shape index (κ3) is 3.08. The highest BCUT2D eigenvalue weighted by Gasteiger charge is 2.09. The van der Waals surface area contributed by atoms with Crippen LogP contribution < -0.4 is 4.90 Å². The van der Waals surface area contributed by atoms with Crippen molar-refractivity contribution in [2.75, 3.05) is 11.9 Å². The van der Waals surface area contributed by atoms with Crippen LogP contribution in [0, 0.1) is 13.8 Å². The van der Waals surface area contributed by atoms with Gasteiger partial charge in [-0.05, 0) is 43.5 Å². The molecule has 2 heteroatoms. The van der Waals surface area contributed by atoms with Gasteiger partial charge in [-0.2, -0.15) is 0 Å². The summed E-state index contributed by atoms with van der Waals surface area (Å²) < 4.78 is 0. The molecule has 82 valence electrons. The molecule has 0 aliphatic rings. The molecule has 0 saturated carbocycles. The zero-order chi connectivity index (χ0) is 11.4. The van der Waals surface area contributed by atoms with Crippen LogP contribution in [0.15, 0.2) is 18.2 Å². The quantitative estimate of drug-likeness (QED) is 0.742. The summed E-state index contributed by atoms with van der Waals surface area (Å²) in [7, 11) is 1.84. The minimum atomic E-state index is 0.183. The highest BCUT2D eigenvalue weighted by molar-refractivity contribution is 5.92. The fourth-order valence-electron chi connectivity index (χ4n) is 1.67. The fraction of sp³-hybridized carbons (Fsp3) is 0.462.